The fourth-order valence-electron chi connectivity index (χ4n) is 9.91. The molecule has 0 fully saturated rings. The van der Waals surface area contributed by atoms with Crippen molar-refractivity contribution in [3.8, 4) is 28.4 Å². The molecule has 65 heavy (non-hydrogen) atoms. The lowest BCUT2D eigenvalue weighted by molar-refractivity contribution is -0.168. The largest absolute Gasteiger partial charge is 0.497 e. The molecule has 2 N–H and O–H groups in total. The van der Waals surface area contributed by atoms with Crippen LogP contribution >= 0.6 is 0 Å². The van der Waals surface area contributed by atoms with Gasteiger partial charge in [-0.25, -0.2) is 4.79 Å². The van der Waals surface area contributed by atoms with Gasteiger partial charge in [0.1, 0.15) is 54.9 Å². The number of hydrogen-bond acceptors (Lipinski definition) is 11. The Labute approximate surface area is 377 Å². The molecule has 0 saturated carbocycles. The first-order valence-corrected chi connectivity index (χ1v) is 21.7. The molecule has 0 spiro atoms. The number of carbonyl (C=O) groups excluding carboxylic acids is 2. The van der Waals surface area contributed by atoms with Crippen molar-refractivity contribution in [3.63, 3.8) is 0 Å². The Balaban J connectivity index is 0.818. The highest BCUT2D eigenvalue weighted by Gasteiger charge is 2.62. The summed E-state index contributed by atoms with van der Waals surface area (Å²) in [7, 11) is 1.55. The summed E-state index contributed by atoms with van der Waals surface area (Å²) in [5.41, 5.74) is 5.13. The maximum Gasteiger partial charge on any atom is 0.330 e. The number of fused-ring (bicyclic) bond motifs is 4. The number of benzene rings is 6. The Morgan fingerprint density at radius 3 is 1.60 bits per heavy atom. The second kappa shape index (κ2) is 18.4. The summed E-state index contributed by atoms with van der Waals surface area (Å²) in [6, 6.07) is 45.7. The third-order valence-electron chi connectivity index (χ3n) is 12.8. The van der Waals surface area contributed by atoms with Gasteiger partial charge in [-0.15, -0.1) is 0 Å². The first-order valence-electron chi connectivity index (χ1n) is 21.7. The van der Waals surface area contributed by atoms with Crippen molar-refractivity contribution < 1.29 is 53.0 Å². The molecule has 3 unspecified atom stereocenters. The maximum absolute atomic E-state index is 13.6. The van der Waals surface area contributed by atoms with E-state index in [1.54, 1.807) is 43.5 Å². The zero-order valence-corrected chi connectivity index (χ0v) is 36.1. The minimum absolute atomic E-state index is 0.0290. The fraction of sp³-hybridized carbons (Fsp3) is 0.259. The zero-order valence-electron chi connectivity index (χ0n) is 36.1. The number of aliphatic hydroxyl groups is 2. The third-order valence-corrected chi connectivity index (χ3v) is 12.8. The van der Waals surface area contributed by atoms with Gasteiger partial charge >= 0.3 is 11.9 Å². The molecule has 0 heterocycles. The van der Waals surface area contributed by atoms with Crippen LogP contribution in [0.15, 0.2) is 152 Å². The molecule has 11 heteroatoms. The molecule has 4 aliphatic carbocycles. The average Bonchev–Trinajstić information content (AvgIpc) is 3.65. The van der Waals surface area contributed by atoms with E-state index in [1.165, 1.54) is 22.3 Å². The van der Waals surface area contributed by atoms with Gasteiger partial charge in [0.25, 0.3) is 0 Å². The topological polar surface area (TPSA) is 139 Å². The average molecular weight is 875 g/mol. The molecule has 4 aliphatic rings. The molecule has 6 aromatic carbocycles. The Morgan fingerprint density at radius 1 is 0.569 bits per heavy atom. The normalized spacial score (nSPS) is 19.2. The lowest BCUT2D eigenvalue weighted by atomic mass is 9.54. The van der Waals surface area contributed by atoms with Gasteiger partial charge in [0, 0.05) is 12.5 Å². The zero-order chi connectivity index (χ0) is 45.0. The molecule has 0 saturated heterocycles. The molecule has 0 radical (unpaired) electrons. The van der Waals surface area contributed by atoms with Gasteiger partial charge in [0.15, 0.2) is 0 Å². The van der Waals surface area contributed by atoms with Crippen LogP contribution in [0.4, 0.5) is 0 Å². The van der Waals surface area contributed by atoms with Crippen LogP contribution in [0.5, 0.6) is 17.2 Å². The van der Waals surface area contributed by atoms with E-state index in [0.717, 1.165) is 17.2 Å². The summed E-state index contributed by atoms with van der Waals surface area (Å²) in [6.45, 7) is 5.11. The second-order valence-electron chi connectivity index (χ2n) is 16.2. The standard InChI is InChI=1S/C54H50O11/c1-3-50(55)64-32-28-60-26-30-62-38-20-16-36(17-21-38)53(43-12-6-4-10-41(43)42-11-5-7-13-44(42)53)37-18-22-39(23-19-37)63-31-27-61-29-33-65-51(56)49-35-52(57)45-14-8-9-15-46(45)54(49,58)47-25-24-40(59-2)34-48(47)52/h3-25,34,49,57-58H,1,26-33,35H2,2H3. The molecule has 11 nitrogen and oxygen atoms in total. The Bertz CT molecular complexity index is 2650. The lowest BCUT2D eigenvalue weighted by Crippen LogP contribution is -2.57. The molecule has 6 aromatic rings. The summed E-state index contributed by atoms with van der Waals surface area (Å²) in [5, 5.41) is 24.4. The predicted molar refractivity (Wildman–Crippen MR) is 242 cm³/mol. The van der Waals surface area contributed by atoms with Crippen molar-refractivity contribution >= 4 is 11.9 Å². The van der Waals surface area contributed by atoms with Crippen LogP contribution in [-0.4, -0.2) is 82.1 Å². The van der Waals surface area contributed by atoms with Crippen LogP contribution in [0.3, 0.4) is 0 Å². The minimum atomic E-state index is -1.68. The van der Waals surface area contributed by atoms with Crippen molar-refractivity contribution in [1.29, 1.82) is 0 Å². The van der Waals surface area contributed by atoms with Gasteiger partial charge < -0.3 is 43.4 Å². The van der Waals surface area contributed by atoms with Crippen molar-refractivity contribution in [1.82, 2.24) is 0 Å². The van der Waals surface area contributed by atoms with E-state index in [9.17, 15) is 19.8 Å². The quantitative estimate of drug-likeness (QED) is 0.0471. The van der Waals surface area contributed by atoms with Crippen molar-refractivity contribution in [2.45, 2.75) is 23.0 Å². The first-order chi connectivity index (χ1) is 31.7. The Kier molecular flexibility index (Phi) is 12.3. The van der Waals surface area contributed by atoms with Gasteiger partial charge in [0.05, 0.1) is 44.9 Å². The van der Waals surface area contributed by atoms with Crippen molar-refractivity contribution in [2.75, 3.05) is 60.0 Å². The van der Waals surface area contributed by atoms with Gasteiger partial charge in [0.2, 0.25) is 0 Å². The number of methoxy groups -OCH3 is 1. The number of ether oxygens (including phenoxy) is 7. The summed E-state index contributed by atoms with van der Waals surface area (Å²) in [4.78, 5) is 24.8. The van der Waals surface area contributed by atoms with E-state index in [4.69, 9.17) is 33.2 Å². The molecular formula is C54H50O11. The molecule has 0 aromatic heterocycles. The highest BCUT2D eigenvalue weighted by Crippen LogP contribution is 2.60. The number of esters is 2. The summed E-state index contributed by atoms with van der Waals surface area (Å²) >= 11 is 0. The van der Waals surface area contributed by atoms with Crippen LogP contribution in [0.25, 0.3) is 11.1 Å². The van der Waals surface area contributed by atoms with Crippen LogP contribution in [0.2, 0.25) is 0 Å². The molecular weight excluding hydrogens is 825 g/mol. The van der Waals surface area contributed by atoms with Crippen molar-refractivity contribution in [3.05, 3.63) is 197 Å². The predicted octanol–water partition coefficient (Wildman–Crippen LogP) is 7.63. The number of carbonyl (C=O) groups is 2. The van der Waals surface area contributed by atoms with E-state index in [2.05, 4.69) is 79.4 Å². The van der Waals surface area contributed by atoms with E-state index in [0.29, 0.717) is 52.7 Å². The highest BCUT2D eigenvalue weighted by atomic mass is 16.6. The fourth-order valence-corrected chi connectivity index (χ4v) is 9.91. The van der Waals surface area contributed by atoms with Gasteiger partial charge in [-0.1, -0.05) is 110 Å². The van der Waals surface area contributed by atoms with Crippen LogP contribution < -0.4 is 14.2 Å². The minimum Gasteiger partial charge on any atom is -0.497 e. The maximum atomic E-state index is 13.6. The van der Waals surface area contributed by atoms with Gasteiger partial charge in [-0.2, -0.15) is 0 Å². The molecule has 10 rings (SSSR count). The van der Waals surface area contributed by atoms with E-state index < -0.39 is 34.5 Å². The SMILES string of the molecule is C=CC(=O)OCCOCCOc1ccc(C2(c3ccc(OCCOCCOC(=O)C4CC5(O)c6ccccc6C4(O)c4ccc(OC)cc45)cc3)c3ccccc3-c3ccccc32)cc1. The smallest absolute Gasteiger partial charge is 0.330 e. The third kappa shape index (κ3) is 7.74. The molecule has 0 amide bonds. The van der Waals surface area contributed by atoms with E-state index in [1.807, 2.05) is 30.3 Å². The van der Waals surface area contributed by atoms with Gasteiger partial charge in [-0.3, -0.25) is 4.79 Å². The number of hydrogen-bond donors (Lipinski definition) is 2. The highest BCUT2D eigenvalue weighted by molar-refractivity contribution is 5.86. The number of rotatable bonds is 19. The van der Waals surface area contributed by atoms with E-state index >= 15 is 0 Å². The van der Waals surface area contributed by atoms with E-state index in [-0.39, 0.29) is 46.1 Å². The lowest BCUT2D eigenvalue weighted by Gasteiger charge is -2.53. The summed E-state index contributed by atoms with van der Waals surface area (Å²) < 4.78 is 39.5. The second-order valence-corrected chi connectivity index (χ2v) is 16.2. The molecule has 0 aliphatic heterocycles. The van der Waals surface area contributed by atoms with Crippen LogP contribution in [0, 0.1) is 5.92 Å². The van der Waals surface area contributed by atoms with Crippen LogP contribution in [-0.2, 0) is 45.2 Å². The first kappa shape index (κ1) is 43.5. The Hall–Kier alpha value is -6.76. The molecule has 3 atom stereocenters. The molecule has 2 bridgehead atoms. The van der Waals surface area contributed by atoms with Crippen molar-refractivity contribution in [2.24, 2.45) is 5.92 Å². The summed E-state index contributed by atoms with van der Waals surface area (Å²) in [5.74, 6) is -0.180. The van der Waals surface area contributed by atoms with Gasteiger partial charge in [-0.05, 0) is 92.0 Å². The monoisotopic (exact) mass is 874 g/mol. The molecule has 332 valence electrons. The Morgan fingerprint density at radius 2 is 1.05 bits per heavy atom. The van der Waals surface area contributed by atoms with Crippen LogP contribution in [0.1, 0.15) is 50.9 Å². The summed E-state index contributed by atoms with van der Waals surface area (Å²) in [6.07, 6.45) is 1.08.